The number of alkyl halides is 1. The average Bonchev–Trinajstić information content (AvgIpc) is 2.30. The first-order chi connectivity index (χ1) is 7.81. The Morgan fingerprint density at radius 1 is 1.50 bits per heavy atom. The van der Waals surface area contributed by atoms with Gasteiger partial charge in [0, 0.05) is 11.9 Å². The number of rotatable bonds is 4. The van der Waals surface area contributed by atoms with Crippen LogP contribution in [0.3, 0.4) is 0 Å². The number of allylic oxidation sites excluding steroid dienone is 1. The lowest BCUT2D eigenvalue weighted by atomic mass is 10.1. The van der Waals surface area contributed by atoms with E-state index in [1.807, 2.05) is 12.2 Å². The van der Waals surface area contributed by atoms with Gasteiger partial charge in [0.15, 0.2) is 11.9 Å². The second-order valence-electron chi connectivity index (χ2n) is 3.80. The van der Waals surface area contributed by atoms with Gasteiger partial charge in [-0.1, -0.05) is 22.0 Å². The number of carbonyl (C=O) groups excluding carboxylic acids is 1. The van der Waals surface area contributed by atoms with E-state index in [2.05, 4.69) is 26.6 Å². The summed E-state index contributed by atoms with van der Waals surface area (Å²) in [6.45, 7) is 0.733. The maximum atomic E-state index is 11.7. The summed E-state index contributed by atoms with van der Waals surface area (Å²) < 4.78 is 5.65. The summed E-state index contributed by atoms with van der Waals surface area (Å²) >= 11 is 3.37. The quantitative estimate of drug-likeness (QED) is 0.607. The van der Waals surface area contributed by atoms with E-state index in [0.717, 1.165) is 36.9 Å². The second-order valence-corrected chi connectivity index (χ2v) is 4.60. The van der Waals surface area contributed by atoms with E-state index < -0.39 is 0 Å². The number of amides is 1. The number of nitrogens with one attached hydrogen (secondary N) is 2. The minimum absolute atomic E-state index is 0.0453. The molecule has 0 bridgehead atoms. The molecule has 16 heavy (non-hydrogen) atoms. The summed E-state index contributed by atoms with van der Waals surface area (Å²) in [5, 5.41) is 6.87. The van der Waals surface area contributed by atoms with Crippen molar-refractivity contribution in [3.05, 3.63) is 23.7 Å². The van der Waals surface area contributed by atoms with Crippen molar-refractivity contribution in [2.45, 2.75) is 25.4 Å². The fraction of sp³-hybridized carbons (Fsp3) is 0.545. The van der Waals surface area contributed by atoms with Gasteiger partial charge >= 0.3 is 0 Å². The van der Waals surface area contributed by atoms with E-state index in [-0.39, 0.29) is 12.0 Å². The molecule has 0 aromatic carbocycles. The predicted octanol–water partition coefficient (Wildman–Crippen LogP) is 1.40. The summed E-state index contributed by atoms with van der Waals surface area (Å²) in [5.74, 6) is 1.40. The Morgan fingerprint density at radius 2 is 2.38 bits per heavy atom. The monoisotopic (exact) mass is 286 g/mol. The summed E-state index contributed by atoms with van der Waals surface area (Å²) in [6.07, 6.45) is 6.36. The first-order valence-corrected chi connectivity index (χ1v) is 6.61. The Morgan fingerprint density at radius 3 is 3.19 bits per heavy atom. The van der Waals surface area contributed by atoms with Crippen LogP contribution in [-0.2, 0) is 9.53 Å². The molecule has 2 N–H and O–H groups in total. The molecular weight excluding hydrogens is 272 g/mol. The van der Waals surface area contributed by atoms with Crippen molar-refractivity contribution in [1.82, 2.24) is 10.6 Å². The van der Waals surface area contributed by atoms with Gasteiger partial charge in [0.25, 0.3) is 5.91 Å². The number of unbranched alkanes of at least 4 members (excludes halogenated alkanes) is 1. The molecule has 2 rings (SSSR count). The van der Waals surface area contributed by atoms with E-state index in [4.69, 9.17) is 4.74 Å². The standard InChI is InChI=1S/C11H15BrN2O2/c12-6-2-1-4-9-11(15)14-10-8(16-9)5-3-7-13-10/h3,5,9,13H,1-2,4,6-7H2,(H,14,15). The topological polar surface area (TPSA) is 50.4 Å². The van der Waals surface area contributed by atoms with Crippen molar-refractivity contribution >= 4 is 21.8 Å². The normalized spacial score (nSPS) is 23.3. The highest BCUT2D eigenvalue weighted by Crippen LogP contribution is 2.19. The van der Waals surface area contributed by atoms with Crippen molar-refractivity contribution in [1.29, 1.82) is 0 Å². The van der Waals surface area contributed by atoms with Crippen molar-refractivity contribution in [2.24, 2.45) is 0 Å². The van der Waals surface area contributed by atoms with Gasteiger partial charge in [-0.3, -0.25) is 4.79 Å². The minimum atomic E-state index is -0.345. The van der Waals surface area contributed by atoms with Crippen LogP contribution in [0.2, 0.25) is 0 Å². The van der Waals surface area contributed by atoms with Crippen molar-refractivity contribution in [3.8, 4) is 0 Å². The summed E-state index contributed by atoms with van der Waals surface area (Å²) in [6, 6.07) is 0. The summed E-state index contributed by atoms with van der Waals surface area (Å²) in [4.78, 5) is 11.7. The predicted molar refractivity (Wildman–Crippen MR) is 64.8 cm³/mol. The zero-order valence-electron chi connectivity index (χ0n) is 8.96. The van der Waals surface area contributed by atoms with E-state index in [1.54, 1.807) is 0 Å². The smallest absolute Gasteiger partial charge is 0.266 e. The number of ether oxygens (including phenoxy) is 1. The second kappa shape index (κ2) is 5.39. The molecule has 88 valence electrons. The van der Waals surface area contributed by atoms with E-state index in [1.165, 1.54) is 0 Å². The highest BCUT2D eigenvalue weighted by atomic mass is 79.9. The van der Waals surface area contributed by atoms with Crippen LogP contribution >= 0.6 is 15.9 Å². The van der Waals surface area contributed by atoms with E-state index in [9.17, 15) is 4.79 Å². The zero-order valence-corrected chi connectivity index (χ0v) is 10.5. The zero-order chi connectivity index (χ0) is 11.4. The van der Waals surface area contributed by atoms with Gasteiger partial charge in [0.05, 0.1) is 0 Å². The number of hydrogen-bond donors (Lipinski definition) is 2. The number of halogens is 1. The van der Waals surface area contributed by atoms with Crippen LogP contribution in [0.25, 0.3) is 0 Å². The van der Waals surface area contributed by atoms with Crippen LogP contribution in [0.15, 0.2) is 23.7 Å². The number of dihydropyridines is 1. The Balaban J connectivity index is 1.95. The molecular formula is C11H15BrN2O2. The Kier molecular flexibility index (Phi) is 3.88. The fourth-order valence-corrected chi connectivity index (χ4v) is 2.12. The molecule has 4 nitrogen and oxygen atoms in total. The van der Waals surface area contributed by atoms with Crippen LogP contribution in [0.1, 0.15) is 19.3 Å². The number of carbonyl (C=O) groups is 1. The SMILES string of the molecule is O=C1NC2=C(C=CCN2)OC1CCCCBr. The third-order valence-electron chi connectivity index (χ3n) is 2.57. The van der Waals surface area contributed by atoms with Crippen LogP contribution < -0.4 is 10.6 Å². The molecule has 1 amide bonds. The molecule has 1 unspecified atom stereocenters. The Labute approximate surface area is 103 Å². The third kappa shape index (κ3) is 2.58. The molecule has 0 aromatic heterocycles. The Bertz CT molecular complexity index is 339. The molecule has 0 saturated carbocycles. The molecule has 2 aliphatic rings. The third-order valence-corrected chi connectivity index (χ3v) is 3.13. The molecule has 2 heterocycles. The first-order valence-electron chi connectivity index (χ1n) is 5.49. The Hall–Kier alpha value is -0.970. The highest BCUT2D eigenvalue weighted by molar-refractivity contribution is 9.09. The first kappa shape index (κ1) is 11.5. The van der Waals surface area contributed by atoms with E-state index in [0.29, 0.717) is 5.82 Å². The van der Waals surface area contributed by atoms with Crippen LogP contribution in [0.4, 0.5) is 0 Å². The average molecular weight is 287 g/mol. The molecule has 0 spiro atoms. The maximum Gasteiger partial charge on any atom is 0.266 e. The molecule has 0 aliphatic carbocycles. The van der Waals surface area contributed by atoms with Gasteiger partial charge in [-0.2, -0.15) is 0 Å². The van der Waals surface area contributed by atoms with Gasteiger partial charge in [0.2, 0.25) is 0 Å². The molecule has 0 aromatic rings. The minimum Gasteiger partial charge on any atom is -0.477 e. The van der Waals surface area contributed by atoms with E-state index >= 15 is 0 Å². The highest BCUT2D eigenvalue weighted by Gasteiger charge is 2.28. The fourth-order valence-electron chi connectivity index (χ4n) is 1.73. The van der Waals surface area contributed by atoms with Crippen LogP contribution in [0, 0.1) is 0 Å². The van der Waals surface area contributed by atoms with Crippen molar-refractivity contribution in [3.63, 3.8) is 0 Å². The lowest BCUT2D eigenvalue weighted by Crippen LogP contribution is -2.45. The van der Waals surface area contributed by atoms with Gasteiger partial charge in [-0.25, -0.2) is 0 Å². The molecule has 1 atom stereocenters. The van der Waals surface area contributed by atoms with Crippen LogP contribution in [-0.4, -0.2) is 23.9 Å². The molecule has 2 aliphatic heterocycles. The maximum absolute atomic E-state index is 11.7. The summed E-state index contributed by atoms with van der Waals surface area (Å²) in [5.41, 5.74) is 0. The van der Waals surface area contributed by atoms with Gasteiger partial charge in [-0.15, -0.1) is 0 Å². The van der Waals surface area contributed by atoms with Crippen molar-refractivity contribution < 1.29 is 9.53 Å². The van der Waals surface area contributed by atoms with Crippen molar-refractivity contribution in [2.75, 3.05) is 11.9 Å². The summed E-state index contributed by atoms with van der Waals surface area (Å²) in [7, 11) is 0. The molecule has 0 saturated heterocycles. The molecule has 5 heteroatoms. The molecule has 0 fully saturated rings. The van der Waals surface area contributed by atoms with Gasteiger partial charge < -0.3 is 15.4 Å². The lowest BCUT2D eigenvalue weighted by molar-refractivity contribution is -0.132. The lowest BCUT2D eigenvalue weighted by Gasteiger charge is -2.29. The van der Waals surface area contributed by atoms with Gasteiger partial charge in [0.1, 0.15) is 5.82 Å². The van der Waals surface area contributed by atoms with Crippen LogP contribution in [0.5, 0.6) is 0 Å². The van der Waals surface area contributed by atoms with Gasteiger partial charge in [-0.05, 0) is 25.3 Å². The largest absolute Gasteiger partial charge is 0.477 e. The number of hydrogen-bond acceptors (Lipinski definition) is 3. The molecule has 0 radical (unpaired) electrons.